The Balaban J connectivity index is 1.40. The van der Waals surface area contributed by atoms with Gasteiger partial charge in [0.2, 0.25) is 5.91 Å². The summed E-state index contributed by atoms with van der Waals surface area (Å²) in [6.07, 6.45) is 3.84. The largest absolute Gasteiger partial charge is 0.361 e. The number of benzene rings is 1. The summed E-state index contributed by atoms with van der Waals surface area (Å²) in [5.74, 6) is 0.772. The van der Waals surface area contributed by atoms with Gasteiger partial charge in [0.1, 0.15) is 5.76 Å². The summed E-state index contributed by atoms with van der Waals surface area (Å²) < 4.78 is 7.37. The average Bonchev–Trinajstić information content (AvgIpc) is 3.25. The second-order valence-electron chi connectivity index (χ2n) is 7.99. The van der Waals surface area contributed by atoms with E-state index < -0.39 is 0 Å². The average molecular weight is 409 g/mol. The lowest BCUT2D eigenvalue weighted by Crippen LogP contribution is -2.36. The van der Waals surface area contributed by atoms with Gasteiger partial charge in [-0.05, 0) is 57.9 Å². The van der Waals surface area contributed by atoms with E-state index in [9.17, 15) is 9.59 Å². The Morgan fingerprint density at radius 1 is 1.27 bits per heavy atom. The highest BCUT2D eigenvalue weighted by molar-refractivity contribution is 5.98. The maximum Gasteiger partial charge on any atom is 0.251 e. The predicted molar refractivity (Wildman–Crippen MR) is 114 cm³/mol. The van der Waals surface area contributed by atoms with Crippen molar-refractivity contribution in [3.63, 3.8) is 0 Å². The molecule has 158 valence electrons. The second-order valence-corrected chi connectivity index (χ2v) is 7.99. The normalized spacial score (nSPS) is 17.4. The van der Waals surface area contributed by atoms with Crippen LogP contribution in [-0.2, 0) is 17.9 Å². The van der Waals surface area contributed by atoms with E-state index in [-0.39, 0.29) is 17.9 Å². The van der Waals surface area contributed by atoms with Crippen LogP contribution in [0, 0.1) is 13.8 Å². The van der Waals surface area contributed by atoms with Gasteiger partial charge in [0.15, 0.2) is 0 Å². The van der Waals surface area contributed by atoms with Crippen molar-refractivity contribution in [3.8, 4) is 0 Å². The molecule has 1 fully saturated rings. The Morgan fingerprint density at radius 2 is 2.10 bits per heavy atom. The SMILES string of the molecule is CCn1ccc2cc(C(=O)NC3CCC(=O)N(Cc4c(C)noc4C)CC3)ccc21. The summed E-state index contributed by atoms with van der Waals surface area (Å²) in [5, 5.41) is 8.16. The molecule has 3 aromatic rings. The number of nitrogens with one attached hydrogen (secondary N) is 1. The first-order valence-electron chi connectivity index (χ1n) is 10.6. The highest BCUT2D eigenvalue weighted by Gasteiger charge is 2.25. The van der Waals surface area contributed by atoms with Crippen LogP contribution in [-0.4, -0.2) is 39.0 Å². The molecule has 0 radical (unpaired) electrons. The molecule has 1 aromatic carbocycles. The van der Waals surface area contributed by atoms with Crippen LogP contribution in [0.25, 0.3) is 10.9 Å². The van der Waals surface area contributed by atoms with E-state index in [2.05, 4.69) is 22.0 Å². The van der Waals surface area contributed by atoms with E-state index in [1.54, 1.807) is 0 Å². The summed E-state index contributed by atoms with van der Waals surface area (Å²) in [7, 11) is 0. The van der Waals surface area contributed by atoms with Gasteiger partial charge in [-0.3, -0.25) is 9.59 Å². The monoisotopic (exact) mass is 408 g/mol. The van der Waals surface area contributed by atoms with Crippen LogP contribution >= 0.6 is 0 Å². The zero-order valence-electron chi connectivity index (χ0n) is 17.8. The van der Waals surface area contributed by atoms with Gasteiger partial charge < -0.3 is 19.3 Å². The fourth-order valence-electron chi connectivity index (χ4n) is 4.15. The topological polar surface area (TPSA) is 80.4 Å². The quantitative estimate of drug-likeness (QED) is 0.700. The van der Waals surface area contributed by atoms with Crippen molar-refractivity contribution in [1.29, 1.82) is 0 Å². The lowest BCUT2D eigenvalue weighted by Gasteiger charge is -2.21. The Hall–Kier alpha value is -3.09. The van der Waals surface area contributed by atoms with Crippen LogP contribution in [0.2, 0.25) is 0 Å². The summed E-state index contributed by atoms with van der Waals surface area (Å²) in [6, 6.07) is 7.81. The van der Waals surface area contributed by atoms with Crippen molar-refractivity contribution in [2.24, 2.45) is 0 Å². The Kier molecular flexibility index (Phi) is 5.61. The van der Waals surface area contributed by atoms with Crippen molar-refractivity contribution in [1.82, 2.24) is 19.9 Å². The van der Waals surface area contributed by atoms with Crippen LogP contribution in [0.1, 0.15) is 53.6 Å². The summed E-state index contributed by atoms with van der Waals surface area (Å²) in [5.41, 5.74) is 3.57. The van der Waals surface area contributed by atoms with E-state index in [0.717, 1.165) is 40.9 Å². The number of rotatable bonds is 5. The molecule has 1 aliphatic rings. The standard InChI is InChI=1S/C23H28N4O3/c1-4-26-11-9-17-13-18(5-7-21(17)26)23(29)24-19-6-8-22(28)27(12-10-19)14-20-15(2)25-30-16(20)3/h5,7,9,11,13,19H,4,6,8,10,12,14H2,1-3H3,(H,24,29). The molecule has 1 saturated heterocycles. The zero-order valence-corrected chi connectivity index (χ0v) is 17.8. The molecule has 3 heterocycles. The number of amides is 2. The van der Waals surface area contributed by atoms with Gasteiger partial charge in [-0.1, -0.05) is 5.16 Å². The maximum atomic E-state index is 12.8. The van der Waals surface area contributed by atoms with Crippen LogP contribution in [0.5, 0.6) is 0 Å². The first kappa shape index (κ1) is 20.2. The maximum absolute atomic E-state index is 12.8. The lowest BCUT2D eigenvalue weighted by molar-refractivity contribution is -0.131. The molecule has 1 unspecified atom stereocenters. The molecule has 1 N–H and O–H groups in total. The van der Waals surface area contributed by atoms with Gasteiger partial charge in [-0.25, -0.2) is 0 Å². The van der Waals surface area contributed by atoms with E-state index in [0.29, 0.717) is 31.5 Å². The number of hydrogen-bond donors (Lipinski definition) is 1. The molecule has 7 nitrogen and oxygen atoms in total. The molecule has 1 atom stereocenters. The molecule has 1 aliphatic heterocycles. The fraction of sp³-hybridized carbons (Fsp3) is 0.435. The Morgan fingerprint density at radius 3 is 2.83 bits per heavy atom. The van der Waals surface area contributed by atoms with Crippen molar-refractivity contribution >= 4 is 22.7 Å². The third-order valence-electron chi connectivity index (χ3n) is 6.05. The number of likely N-dealkylation sites (tertiary alicyclic amines) is 1. The van der Waals surface area contributed by atoms with E-state index in [1.807, 2.05) is 49.2 Å². The zero-order chi connectivity index (χ0) is 21.3. The van der Waals surface area contributed by atoms with Gasteiger partial charge in [0.05, 0.1) is 12.2 Å². The van der Waals surface area contributed by atoms with Gasteiger partial charge in [0, 0.05) is 53.8 Å². The number of hydrogen-bond acceptors (Lipinski definition) is 4. The highest BCUT2D eigenvalue weighted by atomic mass is 16.5. The minimum Gasteiger partial charge on any atom is -0.361 e. The highest BCUT2D eigenvalue weighted by Crippen LogP contribution is 2.21. The Bertz CT molecular complexity index is 1060. The van der Waals surface area contributed by atoms with Crippen LogP contribution < -0.4 is 5.32 Å². The smallest absolute Gasteiger partial charge is 0.251 e. The Labute approximate surface area is 176 Å². The van der Waals surface area contributed by atoms with Gasteiger partial charge in [-0.15, -0.1) is 0 Å². The number of aryl methyl sites for hydroxylation is 3. The molecule has 2 aromatic heterocycles. The molecule has 0 spiro atoms. The molecule has 2 amide bonds. The molecule has 7 heteroatoms. The predicted octanol–water partition coefficient (Wildman–Crippen LogP) is 3.58. The number of fused-ring (bicyclic) bond motifs is 1. The second kappa shape index (κ2) is 8.34. The van der Waals surface area contributed by atoms with E-state index in [1.165, 1.54) is 0 Å². The number of aromatic nitrogens is 2. The number of carbonyl (C=O) groups is 2. The summed E-state index contributed by atoms with van der Waals surface area (Å²) in [4.78, 5) is 27.3. The van der Waals surface area contributed by atoms with Gasteiger partial charge >= 0.3 is 0 Å². The number of carbonyl (C=O) groups excluding carboxylic acids is 2. The first-order chi connectivity index (χ1) is 14.5. The van der Waals surface area contributed by atoms with Gasteiger partial charge in [0.25, 0.3) is 5.91 Å². The minimum atomic E-state index is -0.0854. The third kappa shape index (κ3) is 3.97. The first-order valence-corrected chi connectivity index (χ1v) is 10.6. The van der Waals surface area contributed by atoms with E-state index >= 15 is 0 Å². The minimum absolute atomic E-state index is 0.0212. The number of nitrogens with zero attached hydrogens (tertiary/aromatic N) is 3. The molecule has 0 aliphatic carbocycles. The fourth-order valence-corrected chi connectivity index (χ4v) is 4.15. The van der Waals surface area contributed by atoms with Gasteiger partial charge in [-0.2, -0.15) is 0 Å². The molecular formula is C23H28N4O3. The molecule has 4 rings (SSSR count). The molecule has 30 heavy (non-hydrogen) atoms. The molecule has 0 bridgehead atoms. The van der Waals surface area contributed by atoms with E-state index in [4.69, 9.17) is 4.52 Å². The lowest BCUT2D eigenvalue weighted by atomic mass is 10.1. The van der Waals surface area contributed by atoms with Crippen molar-refractivity contribution in [3.05, 3.63) is 53.0 Å². The van der Waals surface area contributed by atoms with Crippen molar-refractivity contribution in [2.75, 3.05) is 6.54 Å². The van der Waals surface area contributed by atoms with Crippen molar-refractivity contribution in [2.45, 2.75) is 59.2 Å². The summed E-state index contributed by atoms with van der Waals surface area (Å²) in [6.45, 7) is 7.87. The van der Waals surface area contributed by atoms with Crippen LogP contribution in [0.15, 0.2) is 35.0 Å². The van der Waals surface area contributed by atoms with Crippen LogP contribution in [0.4, 0.5) is 0 Å². The molecule has 0 saturated carbocycles. The molecular weight excluding hydrogens is 380 g/mol. The van der Waals surface area contributed by atoms with Crippen molar-refractivity contribution < 1.29 is 14.1 Å². The summed E-state index contributed by atoms with van der Waals surface area (Å²) >= 11 is 0. The van der Waals surface area contributed by atoms with Crippen LogP contribution in [0.3, 0.4) is 0 Å². The third-order valence-corrected chi connectivity index (χ3v) is 6.05.